The molecule has 15 heavy (non-hydrogen) atoms. The lowest BCUT2D eigenvalue weighted by Gasteiger charge is -2.13. The van der Waals surface area contributed by atoms with Gasteiger partial charge in [0.25, 0.3) is 5.78 Å². The molecular formula is C10H17N5. The molecule has 2 heterocycles. The van der Waals surface area contributed by atoms with Gasteiger partial charge in [-0.1, -0.05) is 20.8 Å². The molecule has 2 rings (SSSR count). The second-order valence-corrected chi connectivity index (χ2v) is 4.75. The molecule has 0 spiro atoms. The van der Waals surface area contributed by atoms with Gasteiger partial charge in [-0.2, -0.15) is 4.98 Å². The molecule has 0 aliphatic rings. The number of nitrogens with zero attached hydrogens (tertiary/aromatic N) is 3. The van der Waals surface area contributed by atoms with E-state index < -0.39 is 0 Å². The van der Waals surface area contributed by atoms with Crippen LogP contribution in [0.1, 0.15) is 32.3 Å². The van der Waals surface area contributed by atoms with E-state index in [0.717, 1.165) is 23.8 Å². The summed E-state index contributed by atoms with van der Waals surface area (Å²) >= 11 is 0. The quantitative estimate of drug-likeness (QED) is 0.774. The van der Waals surface area contributed by atoms with Gasteiger partial charge in [-0.15, -0.1) is 0 Å². The summed E-state index contributed by atoms with van der Waals surface area (Å²) in [4.78, 5) is 8.85. The van der Waals surface area contributed by atoms with Crippen molar-refractivity contribution in [3.05, 3.63) is 17.7 Å². The standard InChI is InChI=1S/C10H17N5/c1-10(2,3)8-13-9-12-7(5-11-4)6-15(9)14-8/h6,11H,5H2,1-4H3,(H,12,13,14). The Hall–Kier alpha value is -1.36. The summed E-state index contributed by atoms with van der Waals surface area (Å²) in [6.07, 6.45) is 1.97. The third-order valence-electron chi connectivity index (χ3n) is 2.24. The number of fused-ring (bicyclic) bond motifs is 1. The fourth-order valence-electron chi connectivity index (χ4n) is 1.42. The summed E-state index contributed by atoms with van der Waals surface area (Å²) in [5.74, 6) is 1.70. The highest BCUT2D eigenvalue weighted by Crippen LogP contribution is 2.18. The lowest BCUT2D eigenvalue weighted by Crippen LogP contribution is -2.13. The number of nitrogens with one attached hydrogen (secondary N) is 2. The molecule has 2 N–H and O–H groups in total. The van der Waals surface area contributed by atoms with Crippen LogP contribution in [0, 0.1) is 0 Å². The maximum atomic E-state index is 4.46. The third kappa shape index (κ3) is 1.87. The highest BCUT2D eigenvalue weighted by atomic mass is 15.3. The molecule has 2 aromatic heterocycles. The van der Waals surface area contributed by atoms with E-state index in [1.807, 2.05) is 17.8 Å². The predicted molar refractivity (Wildman–Crippen MR) is 58.8 cm³/mol. The molecule has 0 aromatic carbocycles. The average Bonchev–Trinajstić information content (AvgIpc) is 2.59. The summed E-state index contributed by atoms with van der Waals surface area (Å²) in [5, 5.41) is 6.29. The van der Waals surface area contributed by atoms with E-state index in [0.29, 0.717) is 0 Å². The maximum absolute atomic E-state index is 4.46. The molecule has 0 unspecified atom stereocenters. The van der Waals surface area contributed by atoms with Crippen molar-refractivity contribution < 1.29 is 0 Å². The summed E-state index contributed by atoms with van der Waals surface area (Å²) in [6.45, 7) is 7.14. The molecule has 5 heteroatoms. The van der Waals surface area contributed by atoms with Gasteiger partial charge >= 0.3 is 0 Å². The van der Waals surface area contributed by atoms with Crippen LogP contribution in [-0.4, -0.2) is 26.6 Å². The van der Waals surface area contributed by atoms with Gasteiger partial charge in [0.1, 0.15) is 5.82 Å². The lowest BCUT2D eigenvalue weighted by atomic mass is 9.96. The third-order valence-corrected chi connectivity index (χ3v) is 2.24. The van der Waals surface area contributed by atoms with Crippen molar-refractivity contribution >= 4 is 5.78 Å². The van der Waals surface area contributed by atoms with Crippen LogP contribution in [-0.2, 0) is 12.0 Å². The van der Waals surface area contributed by atoms with Crippen LogP contribution in [0.4, 0.5) is 0 Å². The maximum Gasteiger partial charge on any atom is 0.250 e. The molecular weight excluding hydrogens is 190 g/mol. The zero-order valence-electron chi connectivity index (χ0n) is 9.63. The van der Waals surface area contributed by atoms with E-state index in [1.165, 1.54) is 0 Å². The highest BCUT2D eigenvalue weighted by Gasteiger charge is 2.19. The van der Waals surface area contributed by atoms with E-state index in [2.05, 4.69) is 41.2 Å². The van der Waals surface area contributed by atoms with Crippen LogP contribution in [0.5, 0.6) is 0 Å². The van der Waals surface area contributed by atoms with Gasteiger partial charge in [-0.3, -0.25) is 5.10 Å². The Kier molecular flexibility index (Phi) is 2.26. The van der Waals surface area contributed by atoms with Gasteiger partial charge < -0.3 is 5.32 Å². The normalized spacial score (nSPS) is 12.5. The molecule has 0 saturated carbocycles. The minimum Gasteiger partial charge on any atom is -0.314 e. The van der Waals surface area contributed by atoms with Crippen molar-refractivity contribution in [2.75, 3.05) is 7.05 Å². The molecule has 0 bridgehead atoms. The van der Waals surface area contributed by atoms with Crippen LogP contribution in [0.15, 0.2) is 6.20 Å². The van der Waals surface area contributed by atoms with Gasteiger partial charge in [-0.05, 0) is 7.05 Å². The van der Waals surface area contributed by atoms with Crippen molar-refractivity contribution in [3.8, 4) is 0 Å². The summed E-state index contributed by atoms with van der Waals surface area (Å²) < 4.78 is 1.87. The summed E-state index contributed by atoms with van der Waals surface area (Å²) in [7, 11) is 1.90. The van der Waals surface area contributed by atoms with Crippen molar-refractivity contribution in [1.29, 1.82) is 0 Å². The first kappa shape index (κ1) is 10.2. The predicted octanol–water partition coefficient (Wildman–Crippen LogP) is 1.07. The second-order valence-electron chi connectivity index (χ2n) is 4.75. The smallest absolute Gasteiger partial charge is 0.250 e. The van der Waals surface area contributed by atoms with E-state index in [-0.39, 0.29) is 5.41 Å². The summed E-state index contributed by atoms with van der Waals surface area (Å²) in [6, 6.07) is 0. The highest BCUT2D eigenvalue weighted by molar-refractivity contribution is 5.30. The van der Waals surface area contributed by atoms with E-state index in [9.17, 15) is 0 Å². The Labute approximate surface area is 88.9 Å². The topological polar surface area (TPSA) is 58.0 Å². The second kappa shape index (κ2) is 3.34. The van der Waals surface area contributed by atoms with Crippen molar-refractivity contribution in [2.24, 2.45) is 0 Å². The monoisotopic (exact) mass is 207 g/mol. The number of rotatable bonds is 2. The van der Waals surface area contributed by atoms with Crippen LogP contribution in [0.3, 0.4) is 0 Å². The van der Waals surface area contributed by atoms with Crippen LogP contribution in [0.2, 0.25) is 0 Å². The van der Waals surface area contributed by atoms with Gasteiger partial charge in [0.2, 0.25) is 0 Å². The number of aromatic nitrogens is 4. The number of aromatic amines is 1. The van der Waals surface area contributed by atoms with Gasteiger partial charge in [0.05, 0.1) is 11.9 Å². The molecule has 0 aliphatic carbocycles. The van der Waals surface area contributed by atoms with E-state index >= 15 is 0 Å². The Morgan fingerprint density at radius 2 is 2.13 bits per heavy atom. The largest absolute Gasteiger partial charge is 0.314 e. The van der Waals surface area contributed by atoms with Crippen LogP contribution < -0.4 is 5.32 Å². The van der Waals surface area contributed by atoms with E-state index in [1.54, 1.807) is 0 Å². The number of H-pyrrole nitrogens is 1. The lowest BCUT2D eigenvalue weighted by molar-refractivity contribution is 0.545. The molecule has 0 radical (unpaired) electrons. The number of hydrogen-bond acceptors (Lipinski definition) is 3. The minimum absolute atomic E-state index is 0.0316. The minimum atomic E-state index is 0.0316. The van der Waals surface area contributed by atoms with Crippen LogP contribution >= 0.6 is 0 Å². The molecule has 5 nitrogen and oxygen atoms in total. The van der Waals surface area contributed by atoms with Crippen molar-refractivity contribution in [1.82, 2.24) is 24.9 Å². The van der Waals surface area contributed by atoms with Gasteiger partial charge in [0.15, 0.2) is 0 Å². The Balaban J connectivity index is 2.38. The average molecular weight is 207 g/mol. The Bertz CT molecular complexity index is 428. The molecule has 0 saturated heterocycles. The fraction of sp³-hybridized carbons (Fsp3) is 0.600. The summed E-state index contributed by atoms with van der Waals surface area (Å²) in [5.41, 5.74) is 1.03. The van der Waals surface area contributed by atoms with E-state index in [4.69, 9.17) is 0 Å². The van der Waals surface area contributed by atoms with Crippen molar-refractivity contribution in [3.63, 3.8) is 0 Å². The fourth-order valence-corrected chi connectivity index (χ4v) is 1.42. The molecule has 0 atom stereocenters. The zero-order chi connectivity index (χ0) is 11.1. The number of hydrogen-bond donors (Lipinski definition) is 2. The Morgan fingerprint density at radius 3 is 2.67 bits per heavy atom. The van der Waals surface area contributed by atoms with Crippen LogP contribution in [0.25, 0.3) is 5.78 Å². The SMILES string of the molecule is CNCc1cn2[nH]c(C(C)(C)C)nc2n1. The molecule has 2 aromatic rings. The molecule has 0 amide bonds. The first-order valence-corrected chi connectivity index (χ1v) is 5.10. The zero-order valence-corrected chi connectivity index (χ0v) is 9.63. The van der Waals surface area contributed by atoms with Gasteiger partial charge in [0, 0.05) is 12.0 Å². The molecule has 0 fully saturated rings. The first-order valence-electron chi connectivity index (χ1n) is 5.10. The van der Waals surface area contributed by atoms with Gasteiger partial charge in [-0.25, -0.2) is 9.50 Å². The molecule has 0 aliphatic heterocycles. The first-order chi connectivity index (χ1) is 7.00. The van der Waals surface area contributed by atoms with Crippen molar-refractivity contribution in [2.45, 2.75) is 32.7 Å². The molecule has 82 valence electrons. The number of imidazole rings is 1. The Morgan fingerprint density at radius 1 is 1.40 bits per heavy atom.